The van der Waals surface area contributed by atoms with Gasteiger partial charge in [-0.2, -0.15) is 9.97 Å². The molecule has 0 atom stereocenters. The van der Waals surface area contributed by atoms with E-state index in [0.717, 1.165) is 56.6 Å². The summed E-state index contributed by atoms with van der Waals surface area (Å²) < 4.78 is 0. The Balaban J connectivity index is 0.000000446. The van der Waals surface area contributed by atoms with E-state index in [-0.39, 0.29) is 5.69 Å². The highest BCUT2D eigenvalue weighted by Crippen LogP contribution is 2.26. The van der Waals surface area contributed by atoms with Crippen molar-refractivity contribution in [3.05, 3.63) is 68.0 Å². The molecule has 13 nitrogen and oxygen atoms in total. The van der Waals surface area contributed by atoms with Gasteiger partial charge in [-0.05, 0) is 49.9 Å². The molecule has 0 bridgehead atoms. The number of carboxylic acid groups (broad SMARTS) is 2. The molecule has 2 fully saturated rings. The van der Waals surface area contributed by atoms with Crippen molar-refractivity contribution in [2.75, 3.05) is 65.0 Å². The minimum atomic E-state index is -1.26. The maximum Gasteiger partial charge on any atom is 0.328 e. The van der Waals surface area contributed by atoms with Crippen molar-refractivity contribution in [1.82, 2.24) is 9.97 Å². The molecule has 5 rings (SSSR count). The van der Waals surface area contributed by atoms with E-state index < -0.39 is 22.8 Å². The van der Waals surface area contributed by atoms with Gasteiger partial charge in [-0.25, -0.2) is 9.59 Å². The van der Waals surface area contributed by atoms with E-state index in [1.807, 2.05) is 6.07 Å². The van der Waals surface area contributed by atoms with Gasteiger partial charge in [-0.15, -0.1) is 0 Å². The van der Waals surface area contributed by atoms with Crippen molar-refractivity contribution in [3.8, 4) is 0 Å². The zero-order valence-corrected chi connectivity index (χ0v) is 23.6. The quantitative estimate of drug-likeness (QED) is 0.124. The lowest BCUT2D eigenvalue weighted by molar-refractivity contribution is -0.134. The topological polar surface area (TPSA) is 177 Å². The van der Waals surface area contributed by atoms with Crippen LogP contribution in [-0.4, -0.2) is 71.4 Å². The molecule has 2 saturated heterocycles. The zero-order chi connectivity index (χ0) is 30.1. The number of hydrogen-bond donors (Lipinski definition) is 5. The number of carboxylic acids is 2. The molecule has 2 aromatic carbocycles. The Bertz CT molecular complexity index is 1440. The Morgan fingerprint density at radius 1 is 0.810 bits per heavy atom. The maximum absolute atomic E-state index is 12.1. The van der Waals surface area contributed by atoms with E-state index in [0.29, 0.717) is 41.6 Å². The summed E-state index contributed by atoms with van der Waals surface area (Å²) in [6.45, 7) is 5.00. The predicted molar refractivity (Wildman–Crippen MR) is 162 cm³/mol. The minimum absolute atomic E-state index is 0.280. The summed E-state index contributed by atoms with van der Waals surface area (Å²) in [4.78, 5) is 57.3. The average Bonchev–Trinajstić information content (AvgIpc) is 3.72. The molecule has 5 N–H and O–H groups in total. The van der Waals surface area contributed by atoms with Gasteiger partial charge < -0.3 is 36.0 Å². The lowest BCUT2D eigenvalue weighted by Crippen LogP contribution is -2.37. The minimum Gasteiger partial charge on any atom is -0.478 e. The molecule has 222 valence electrons. The smallest absolute Gasteiger partial charge is 0.328 e. The zero-order valence-electron chi connectivity index (χ0n) is 22.8. The fourth-order valence-electron chi connectivity index (χ4n) is 4.56. The van der Waals surface area contributed by atoms with E-state index in [2.05, 4.69) is 25.8 Å². The van der Waals surface area contributed by atoms with Crippen LogP contribution in [0.1, 0.15) is 25.7 Å². The second-order valence-electron chi connectivity index (χ2n) is 9.70. The molecule has 0 unspecified atom stereocenters. The molecule has 3 heterocycles. The second-order valence-corrected chi connectivity index (χ2v) is 10.1. The van der Waals surface area contributed by atoms with Gasteiger partial charge in [-0.1, -0.05) is 11.6 Å². The number of hydrogen-bond acceptors (Lipinski definition) is 11. The van der Waals surface area contributed by atoms with Crippen molar-refractivity contribution >= 4 is 58.2 Å². The molecular formula is C28H32ClN7O6. The van der Waals surface area contributed by atoms with E-state index >= 15 is 0 Å². The van der Waals surface area contributed by atoms with E-state index in [4.69, 9.17) is 31.8 Å². The van der Waals surface area contributed by atoms with Gasteiger partial charge in [0.25, 0.3) is 10.9 Å². The molecule has 1 aromatic heterocycles. The Morgan fingerprint density at radius 3 is 1.95 bits per heavy atom. The number of rotatable bonds is 11. The summed E-state index contributed by atoms with van der Waals surface area (Å²) in [5.41, 5.74) is 0.252. The molecule has 2 aliphatic rings. The first kappa shape index (κ1) is 30.3. The molecule has 14 heteroatoms. The number of aromatic nitrogens is 2. The number of aliphatic carboxylic acids is 2. The van der Waals surface area contributed by atoms with Crippen molar-refractivity contribution in [3.63, 3.8) is 0 Å². The molecule has 0 amide bonds. The second kappa shape index (κ2) is 14.3. The van der Waals surface area contributed by atoms with Gasteiger partial charge in [0.2, 0.25) is 5.95 Å². The number of carbonyl (C=O) groups is 2. The van der Waals surface area contributed by atoms with Crippen molar-refractivity contribution in [1.29, 1.82) is 0 Å². The molecular weight excluding hydrogens is 566 g/mol. The van der Waals surface area contributed by atoms with Crippen LogP contribution in [0.3, 0.4) is 0 Å². The first-order valence-electron chi connectivity index (χ1n) is 13.6. The first-order valence-corrected chi connectivity index (χ1v) is 14.0. The highest BCUT2D eigenvalue weighted by Gasteiger charge is 2.22. The third kappa shape index (κ3) is 8.19. The van der Waals surface area contributed by atoms with Gasteiger partial charge in [0.15, 0.2) is 0 Å². The largest absolute Gasteiger partial charge is 0.478 e. The lowest BCUT2D eigenvalue weighted by atomic mass is 10.1. The SMILES string of the molecule is O=C(O)/C=C\C(=O)O.O=c1c(NCCNc2cc(N3CCCC3)nc(N3CCCC3)n2)c(Nc2ccc(Cl)cc2)c1=O. The molecule has 42 heavy (non-hydrogen) atoms. The summed E-state index contributed by atoms with van der Waals surface area (Å²) in [6.07, 6.45) is 5.81. The number of halogens is 1. The molecule has 0 spiro atoms. The van der Waals surface area contributed by atoms with Crippen LogP contribution >= 0.6 is 11.6 Å². The number of benzene rings is 1. The van der Waals surface area contributed by atoms with Gasteiger partial charge in [0.05, 0.1) is 0 Å². The summed E-state index contributed by atoms with van der Waals surface area (Å²) in [6, 6.07) is 8.96. The third-order valence-electron chi connectivity index (χ3n) is 6.65. The maximum atomic E-state index is 12.1. The van der Waals surface area contributed by atoms with Crippen LogP contribution in [0.4, 0.5) is 34.6 Å². The van der Waals surface area contributed by atoms with Crippen LogP contribution in [-0.2, 0) is 9.59 Å². The van der Waals surface area contributed by atoms with Crippen molar-refractivity contribution in [2.24, 2.45) is 0 Å². The molecule has 0 radical (unpaired) electrons. The monoisotopic (exact) mass is 597 g/mol. The van der Waals surface area contributed by atoms with Gasteiger partial charge in [-0.3, -0.25) is 9.59 Å². The van der Waals surface area contributed by atoms with E-state index in [1.54, 1.807) is 24.3 Å². The van der Waals surface area contributed by atoms with E-state index in [9.17, 15) is 19.2 Å². The first-order chi connectivity index (χ1) is 20.2. The fourth-order valence-corrected chi connectivity index (χ4v) is 4.68. The average molecular weight is 598 g/mol. The standard InChI is InChI=1S/C24H28ClN7O2.C4H4O4/c25-16-5-7-17(8-6-16)28-21-20(22(33)23(21)34)27-10-9-26-18-15-19(31-11-1-2-12-31)30-24(29-18)32-13-3-4-14-32;5-3(6)1-2-4(7)8/h5-8,15,27-28H,1-4,9-14H2,(H,26,29,30);1-2H,(H,5,6)(H,7,8)/b;2-1-. The lowest BCUT2D eigenvalue weighted by Gasteiger charge is -2.22. The summed E-state index contributed by atoms with van der Waals surface area (Å²) in [5, 5.41) is 25.7. The summed E-state index contributed by atoms with van der Waals surface area (Å²) in [7, 11) is 0. The highest BCUT2D eigenvalue weighted by atomic mass is 35.5. The number of nitrogens with zero attached hydrogens (tertiary/aromatic N) is 4. The van der Waals surface area contributed by atoms with E-state index in [1.165, 1.54) is 12.8 Å². The van der Waals surface area contributed by atoms with Crippen LogP contribution in [0.2, 0.25) is 5.02 Å². The molecule has 2 aliphatic heterocycles. The molecule has 3 aromatic rings. The number of nitrogens with one attached hydrogen (secondary N) is 3. The Kier molecular flexibility index (Phi) is 10.3. The van der Waals surface area contributed by atoms with Gasteiger partial charge in [0, 0.05) is 68.2 Å². The van der Waals surface area contributed by atoms with Crippen LogP contribution < -0.4 is 36.6 Å². The summed E-state index contributed by atoms with van der Waals surface area (Å²) >= 11 is 5.91. The van der Waals surface area contributed by atoms with Gasteiger partial charge >= 0.3 is 11.9 Å². The Morgan fingerprint density at radius 2 is 1.36 bits per heavy atom. The summed E-state index contributed by atoms with van der Waals surface area (Å²) in [5.74, 6) is -0.0130. The highest BCUT2D eigenvalue weighted by molar-refractivity contribution is 6.30. The fraction of sp³-hybridized carbons (Fsp3) is 0.357. The molecule has 0 saturated carbocycles. The van der Waals surface area contributed by atoms with Crippen LogP contribution in [0, 0.1) is 0 Å². The third-order valence-corrected chi connectivity index (χ3v) is 6.90. The normalized spacial score (nSPS) is 14.6. The van der Waals surface area contributed by atoms with Gasteiger partial charge in [0.1, 0.15) is 23.0 Å². The molecule has 0 aliphatic carbocycles. The predicted octanol–water partition coefficient (Wildman–Crippen LogP) is 2.91. The van der Waals surface area contributed by atoms with Crippen LogP contribution in [0.25, 0.3) is 0 Å². The van der Waals surface area contributed by atoms with Crippen LogP contribution in [0.5, 0.6) is 0 Å². The number of anilines is 6. The van der Waals surface area contributed by atoms with Crippen molar-refractivity contribution in [2.45, 2.75) is 25.7 Å². The Labute approximate surface area is 246 Å². The van der Waals surface area contributed by atoms with Crippen LogP contribution in [0.15, 0.2) is 52.1 Å². The Hall–Kier alpha value is -4.65. The van der Waals surface area contributed by atoms with Crippen molar-refractivity contribution < 1.29 is 19.8 Å².